The number of nitrogens with zero attached hydrogens (tertiary/aromatic N) is 5. The number of rotatable bonds is 5. The average Bonchev–Trinajstić information content (AvgIpc) is 3.20. The Morgan fingerprint density at radius 3 is 2.83 bits per heavy atom. The average molecular weight is 562 g/mol. The van der Waals surface area contributed by atoms with Gasteiger partial charge in [0, 0.05) is 47.7 Å². The molecule has 3 aromatic rings. The summed E-state index contributed by atoms with van der Waals surface area (Å²) in [7, 11) is 0.634. The van der Waals surface area contributed by atoms with E-state index in [2.05, 4.69) is 46.5 Å². The third-order valence-electron chi connectivity index (χ3n) is 8.30. The highest BCUT2D eigenvalue weighted by Crippen LogP contribution is 2.39. The van der Waals surface area contributed by atoms with Gasteiger partial charge >= 0.3 is 0 Å². The van der Waals surface area contributed by atoms with E-state index in [-0.39, 0.29) is 17.3 Å². The number of pyridine rings is 1. The molecule has 3 aliphatic rings. The first-order valence-electron chi connectivity index (χ1n) is 14.1. The second-order valence-corrected chi connectivity index (χ2v) is 13.4. The Hall–Kier alpha value is -3.08. The Kier molecular flexibility index (Phi) is 7.27. The van der Waals surface area contributed by atoms with Crippen molar-refractivity contribution in [1.29, 1.82) is 0 Å². The molecule has 9 nitrogen and oxygen atoms in total. The number of hydrogen-bond acceptors (Lipinski definition) is 8. The zero-order valence-corrected chi connectivity index (χ0v) is 24.7. The molecule has 0 saturated carbocycles. The Balaban J connectivity index is 1.29. The molecule has 40 heavy (non-hydrogen) atoms. The number of anilines is 2. The summed E-state index contributed by atoms with van der Waals surface area (Å²) in [6, 6.07) is 8.28. The summed E-state index contributed by atoms with van der Waals surface area (Å²) in [5, 5.41) is 0. The molecule has 10 heteroatoms. The first-order valence-corrected chi connectivity index (χ1v) is 15.3. The third-order valence-corrected chi connectivity index (χ3v) is 9.57. The predicted octanol–water partition coefficient (Wildman–Crippen LogP) is 3.66. The number of aromatic nitrogens is 3. The minimum Gasteiger partial charge on any atom is -0.491 e. The van der Waals surface area contributed by atoms with Gasteiger partial charge in [0.25, 0.3) is 0 Å². The molecule has 3 N–H and O–H groups in total. The van der Waals surface area contributed by atoms with Crippen LogP contribution in [0.25, 0.3) is 11.1 Å². The maximum atomic E-state index is 13.2. The summed E-state index contributed by atoms with van der Waals surface area (Å²) in [4.78, 5) is 19.2. The van der Waals surface area contributed by atoms with Gasteiger partial charge in [0.05, 0.1) is 11.4 Å². The minimum absolute atomic E-state index is 0.172. The van der Waals surface area contributed by atoms with Crippen molar-refractivity contribution in [3.63, 3.8) is 0 Å². The largest absolute Gasteiger partial charge is 0.491 e. The summed E-state index contributed by atoms with van der Waals surface area (Å²) in [5.74, 6) is 3.02. The normalized spacial score (nSPS) is 21.3. The second kappa shape index (κ2) is 10.7. The summed E-state index contributed by atoms with van der Waals surface area (Å²) < 4.78 is 22.6. The molecular weight excluding hydrogens is 522 g/mol. The fraction of sp³-hybridized carbons (Fsp3) is 0.500. The SMILES string of the molecule is Cc1nc2c(c(N3CCOc4ccc(-c5cnc(N)c(S(=O)NC6CCN(C)C6)c5)cc4C3)n1)CC(C)(C)CC2. The van der Waals surface area contributed by atoms with Crippen LogP contribution in [0.4, 0.5) is 11.6 Å². The molecular formula is C30H39N7O2S. The number of nitrogens with one attached hydrogen (secondary N) is 1. The van der Waals surface area contributed by atoms with Gasteiger partial charge in [-0.15, -0.1) is 0 Å². The van der Waals surface area contributed by atoms with Crippen LogP contribution in [-0.2, 0) is 30.4 Å². The van der Waals surface area contributed by atoms with Gasteiger partial charge in [0.2, 0.25) is 0 Å². The molecule has 4 heterocycles. The zero-order chi connectivity index (χ0) is 28.0. The molecule has 0 spiro atoms. The van der Waals surface area contributed by atoms with Crippen LogP contribution in [0.1, 0.15) is 49.3 Å². The van der Waals surface area contributed by atoms with Crippen LogP contribution < -0.4 is 20.1 Å². The van der Waals surface area contributed by atoms with Crippen molar-refractivity contribution in [2.45, 2.75) is 63.9 Å². The number of nitrogens with two attached hydrogens (primary N) is 1. The van der Waals surface area contributed by atoms with Crippen molar-refractivity contribution in [2.24, 2.45) is 5.41 Å². The van der Waals surface area contributed by atoms with Crippen molar-refractivity contribution in [3.8, 4) is 16.9 Å². The highest BCUT2D eigenvalue weighted by atomic mass is 32.2. The van der Waals surface area contributed by atoms with Gasteiger partial charge in [-0.1, -0.05) is 19.9 Å². The van der Waals surface area contributed by atoms with Crippen LogP contribution in [0.15, 0.2) is 35.4 Å². The van der Waals surface area contributed by atoms with Crippen molar-refractivity contribution >= 4 is 22.6 Å². The molecule has 1 aromatic carbocycles. The van der Waals surface area contributed by atoms with Gasteiger partial charge in [0.1, 0.15) is 40.8 Å². The van der Waals surface area contributed by atoms with Crippen molar-refractivity contribution in [1.82, 2.24) is 24.6 Å². The quantitative estimate of drug-likeness (QED) is 0.486. The van der Waals surface area contributed by atoms with E-state index < -0.39 is 11.0 Å². The van der Waals surface area contributed by atoms with Gasteiger partial charge in [-0.2, -0.15) is 0 Å². The summed E-state index contributed by atoms with van der Waals surface area (Å²) in [6.45, 7) is 10.5. The number of benzene rings is 1. The molecule has 212 valence electrons. The maximum absolute atomic E-state index is 13.2. The second-order valence-electron chi connectivity index (χ2n) is 12.2. The van der Waals surface area contributed by atoms with Crippen molar-refractivity contribution < 1.29 is 8.95 Å². The van der Waals surface area contributed by atoms with Crippen molar-refractivity contribution in [3.05, 3.63) is 53.1 Å². The van der Waals surface area contributed by atoms with Gasteiger partial charge in [-0.25, -0.2) is 23.9 Å². The number of nitrogen functional groups attached to an aromatic ring is 1. The maximum Gasteiger partial charge on any atom is 0.141 e. The lowest BCUT2D eigenvalue weighted by molar-refractivity contribution is 0.310. The topological polar surface area (TPSA) is 110 Å². The van der Waals surface area contributed by atoms with Crippen molar-refractivity contribution in [2.75, 3.05) is 43.9 Å². The highest BCUT2D eigenvalue weighted by molar-refractivity contribution is 7.83. The molecule has 2 aliphatic heterocycles. The molecule has 0 amide bonds. The lowest BCUT2D eigenvalue weighted by Gasteiger charge is -2.34. The fourth-order valence-electron chi connectivity index (χ4n) is 6.07. The minimum atomic E-state index is -1.44. The van der Waals surface area contributed by atoms with E-state index in [0.717, 1.165) is 79.4 Å². The summed E-state index contributed by atoms with van der Waals surface area (Å²) >= 11 is 0. The highest BCUT2D eigenvalue weighted by Gasteiger charge is 2.31. The third kappa shape index (κ3) is 5.57. The fourth-order valence-corrected chi connectivity index (χ4v) is 7.17. The lowest BCUT2D eigenvalue weighted by Crippen LogP contribution is -2.33. The number of hydrogen-bond donors (Lipinski definition) is 2. The Labute approximate surface area is 239 Å². The predicted molar refractivity (Wildman–Crippen MR) is 159 cm³/mol. The molecule has 1 saturated heterocycles. The van der Waals surface area contributed by atoms with Crippen LogP contribution in [0.3, 0.4) is 0 Å². The number of aryl methyl sites for hydroxylation is 2. The molecule has 2 unspecified atom stereocenters. The summed E-state index contributed by atoms with van der Waals surface area (Å²) in [6.07, 6.45) is 5.82. The van der Waals surface area contributed by atoms with Crippen LogP contribution in [-0.4, -0.2) is 63.4 Å². The van der Waals surface area contributed by atoms with Gasteiger partial charge in [-0.3, -0.25) is 0 Å². The Morgan fingerprint density at radius 1 is 1.18 bits per heavy atom. The number of likely N-dealkylation sites (tertiary alicyclic amines) is 1. The van der Waals surface area contributed by atoms with Crippen LogP contribution in [0, 0.1) is 12.3 Å². The van der Waals surface area contributed by atoms with Gasteiger partial charge in [-0.05, 0) is 75.4 Å². The summed E-state index contributed by atoms with van der Waals surface area (Å²) in [5.41, 5.74) is 11.8. The van der Waals surface area contributed by atoms with Gasteiger partial charge in [0.15, 0.2) is 0 Å². The standard InChI is InChI=1S/C30H39N7O2S/c1-19-33-25-7-9-30(2,3)15-24(25)29(34-19)37-11-12-39-26-6-5-20(13-22(26)17-37)21-14-27(28(31)32-16-21)40(38)35-23-8-10-36(4)18-23/h5-6,13-14,16,23,35H,7-12,15,17-18H2,1-4H3,(H2,31,32). The van der Waals surface area contributed by atoms with E-state index in [1.807, 2.05) is 25.1 Å². The molecule has 1 aliphatic carbocycles. The molecule has 1 fully saturated rings. The first-order chi connectivity index (χ1) is 19.1. The zero-order valence-electron chi connectivity index (χ0n) is 23.9. The number of fused-ring (bicyclic) bond motifs is 2. The van der Waals surface area contributed by atoms with E-state index in [4.69, 9.17) is 20.4 Å². The Bertz CT molecular complexity index is 1460. The smallest absolute Gasteiger partial charge is 0.141 e. The molecule has 2 aromatic heterocycles. The van der Waals surface area contributed by atoms with Crippen LogP contribution >= 0.6 is 0 Å². The van der Waals surface area contributed by atoms with Crippen LogP contribution in [0.5, 0.6) is 5.75 Å². The van der Waals surface area contributed by atoms with E-state index >= 15 is 0 Å². The number of likely N-dealkylation sites (N-methyl/N-ethyl adjacent to an activating group) is 1. The Morgan fingerprint density at radius 2 is 2.02 bits per heavy atom. The molecule has 0 radical (unpaired) electrons. The molecule has 6 rings (SSSR count). The van der Waals surface area contributed by atoms with E-state index in [9.17, 15) is 4.21 Å². The van der Waals surface area contributed by atoms with Gasteiger partial charge < -0.3 is 20.3 Å². The molecule has 0 bridgehead atoms. The van der Waals surface area contributed by atoms with E-state index in [1.165, 1.54) is 11.3 Å². The van der Waals surface area contributed by atoms with Crippen LogP contribution in [0.2, 0.25) is 0 Å². The first kappa shape index (κ1) is 27.1. The number of ether oxygens (including phenoxy) is 1. The van der Waals surface area contributed by atoms with E-state index in [1.54, 1.807) is 6.20 Å². The molecule has 2 atom stereocenters. The monoisotopic (exact) mass is 561 g/mol. The lowest BCUT2D eigenvalue weighted by atomic mass is 9.76. The van der Waals surface area contributed by atoms with E-state index in [0.29, 0.717) is 18.0 Å².